The number of hydrogen-bond donors (Lipinski definition) is 2. The third-order valence-electron chi connectivity index (χ3n) is 3.92. The van der Waals surface area contributed by atoms with Gasteiger partial charge in [-0.2, -0.15) is 0 Å². The first kappa shape index (κ1) is 12.3. The molecule has 0 unspecified atom stereocenters. The molecule has 0 aromatic rings. The van der Waals surface area contributed by atoms with Gasteiger partial charge in [0.1, 0.15) is 0 Å². The molecule has 5 heteroatoms. The zero-order chi connectivity index (χ0) is 11.6. The second-order valence-corrected chi connectivity index (χ2v) is 7.32. The van der Waals surface area contributed by atoms with Gasteiger partial charge < -0.3 is 5.73 Å². The van der Waals surface area contributed by atoms with E-state index in [9.17, 15) is 8.42 Å². The predicted molar refractivity (Wildman–Crippen MR) is 64.5 cm³/mol. The molecule has 0 atom stereocenters. The molecule has 94 valence electrons. The summed E-state index contributed by atoms with van der Waals surface area (Å²) in [5, 5.41) is 0. The maximum atomic E-state index is 11.8. The molecule has 0 aromatic carbocycles. The molecule has 0 spiro atoms. The van der Waals surface area contributed by atoms with Gasteiger partial charge >= 0.3 is 0 Å². The van der Waals surface area contributed by atoms with Crippen molar-refractivity contribution in [3.05, 3.63) is 0 Å². The van der Waals surface area contributed by atoms with Gasteiger partial charge in [0.25, 0.3) is 0 Å². The first-order valence-corrected chi connectivity index (χ1v) is 7.91. The summed E-state index contributed by atoms with van der Waals surface area (Å²) in [5.41, 5.74) is 5.73. The van der Waals surface area contributed by atoms with Crippen LogP contribution in [0.15, 0.2) is 0 Å². The van der Waals surface area contributed by atoms with E-state index in [1.807, 2.05) is 0 Å². The van der Waals surface area contributed by atoms with Gasteiger partial charge in [-0.15, -0.1) is 0 Å². The van der Waals surface area contributed by atoms with Gasteiger partial charge in [-0.05, 0) is 38.0 Å². The Bertz CT molecular complexity index is 330. The molecule has 0 aliphatic heterocycles. The fraction of sp³-hybridized carbons (Fsp3) is 1.00. The highest BCUT2D eigenvalue weighted by molar-refractivity contribution is 7.89. The highest BCUT2D eigenvalue weighted by Crippen LogP contribution is 2.29. The Labute approximate surface area is 98.0 Å². The Balaban J connectivity index is 1.78. The van der Waals surface area contributed by atoms with E-state index in [0.717, 1.165) is 32.1 Å². The quantitative estimate of drug-likeness (QED) is 0.759. The van der Waals surface area contributed by atoms with Crippen LogP contribution in [-0.2, 0) is 10.0 Å². The summed E-state index contributed by atoms with van der Waals surface area (Å²) in [6.07, 6.45) is 7.50. The zero-order valence-corrected chi connectivity index (χ0v) is 10.6. The van der Waals surface area contributed by atoms with Crippen LogP contribution in [0.3, 0.4) is 0 Å². The highest BCUT2D eigenvalue weighted by atomic mass is 32.2. The summed E-state index contributed by atoms with van der Waals surface area (Å²) in [5.74, 6) is 0.663. The van der Waals surface area contributed by atoms with Gasteiger partial charge in [0, 0.05) is 12.1 Å². The Morgan fingerprint density at radius 2 is 1.81 bits per heavy atom. The molecule has 0 saturated heterocycles. The minimum absolute atomic E-state index is 0.261. The maximum absolute atomic E-state index is 11.8. The lowest BCUT2D eigenvalue weighted by Crippen LogP contribution is -2.55. The number of hydrogen-bond acceptors (Lipinski definition) is 3. The molecule has 0 aromatic heterocycles. The van der Waals surface area contributed by atoms with Gasteiger partial charge in [0.2, 0.25) is 10.0 Å². The van der Waals surface area contributed by atoms with Crippen LogP contribution in [0.4, 0.5) is 0 Å². The molecule has 16 heavy (non-hydrogen) atoms. The van der Waals surface area contributed by atoms with Crippen LogP contribution in [0.25, 0.3) is 0 Å². The van der Waals surface area contributed by atoms with Crippen LogP contribution in [-0.4, -0.2) is 26.3 Å². The molecule has 2 aliphatic carbocycles. The third-order valence-corrected chi connectivity index (χ3v) is 5.42. The standard InChI is InChI=1S/C11H22N2O2S/c12-11(6-3-7-11)9-13-16(14,15)8-10-4-1-2-5-10/h10,13H,1-9,12H2. The number of nitrogens with two attached hydrogens (primary N) is 1. The Kier molecular flexibility index (Phi) is 3.56. The van der Waals surface area contributed by atoms with Crippen LogP contribution in [0.5, 0.6) is 0 Å². The van der Waals surface area contributed by atoms with Crippen LogP contribution in [0.2, 0.25) is 0 Å². The Morgan fingerprint density at radius 3 is 2.31 bits per heavy atom. The summed E-state index contributed by atoms with van der Waals surface area (Å²) in [6.45, 7) is 0.419. The number of nitrogens with one attached hydrogen (secondary N) is 1. The summed E-state index contributed by atoms with van der Waals surface area (Å²) in [7, 11) is -3.10. The minimum atomic E-state index is -3.10. The van der Waals surface area contributed by atoms with Crippen molar-refractivity contribution in [2.24, 2.45) is 11.7 Å². The van der Waals surface area contributed by atoms with E-state index in [4.69, 9.17) is 5.73 Å². The minimum Gasteiger partial charge on any atom is -0.324 e. The second-order valence-electron chi connectivity index (χ2n) is 5.47. The largest absolute Gasteiger partial charge is 0.324 e. The molecular weight excluding hydrogens is 224 g/mol. The maximum Gasteiger partial charge on any atom is 0.211 e. The Morgan fingerprint density at radius 1 is 1.19 bits per heavy atom. The zero-order valence-electron chi connectivity index (χ0n) is 9.74. The van der Waals surface area contributed by atoms with E-state index in [0.29, 0.717) is 18.2 Å². The highest BCUT2D eigenvalue weighted by Gasteiger charge is 2.34. The molecule has 3 N–H and O–H groups in total. The fourth-order valence-corrected chi connectivity index (χ4v) is 4.19. The van der Waals surface area contributed by atoms with Gasteiger partial charge in [-0.25, -0.2) is 13.1 Å². The van der Waals surface area contributed by atoms with Crippen molar-refractivity contribution in [2.75, 3.05) is 12.3 Å². The monoisotopic (exact) mass is 246 g/mol. The van der Waals surface area contributed by atoms with Crippen molar-refractivity contribution < 1.29 is 8.42 Å². The lowest BCUT2D eigenvalue weighted by atomic mass is 9.78. The molecule has 0 radical (unpaired) electrons. The summed E-state index contributed by atoms with van der Waals surface area (Å²) < 4.78 is 26.3. The summed E-state index contributed by atoms with van der Waals surface area (Å²) in [6, 6.07) is 0. The van der Waals surface area contributed by atoms with E-state index in [1.54, 1.807) is 0 Å². The van der Waals surface area contributed by atoms with Crippen molar-refractivity contribution in [3.63, 3.8) is 0 Å². The molecular formula is C11H22N2O2S. The summed E-state index contributed by atoms with van der Waals surface area (Å²) >= 11 is 0. The third kappa shape index (κ3) is 3.18. The molecule has 2 saturated carbocycles. The molecule has 2 aliphatic rings. The van der Waals surface area contributed by atoms with E-state index < -0.39 is 10.0 Å². The van der Waals surface area contributed by atoms with Crippen LogP contribution in [0, 0.1) is 5.92 Å². The first-order chi connectivity index (χ1) is 7.49. The smallest absolute Gasteiger partial charge is 0.211 e. The number of sulfonamides is 1. The van der Waals surface area contributed by atoms with Crippen molar-refractivity contribution in [1.29, 1.82) is 0 Å². The molecule has 2 fully saturated rings. The first-order valence-electron chi connectivity index (χ1n) is 6.25. The predicted octanol–water partition coefficient (Wildman–Crippen LogP) is 0.977. The van der Waals surface area contributed by atoms with Gasteiger partial charge in [0.05, 0.1) is 5.75 Å². The molecule has 0 heterocycles. The van der Waals surface area contributed by atoms with E-state index in [1.165, 1.54) is 12.8 Å². The lowest BCUT2D eigenvalue weighted by Gasteiger charge is -2.38. The molecule has 0 amide bonds. The Hall–Kier alpha value is -0.130. The van der Waals surface area contributed by atoms with E-state index >= 15 is 0 Å². The van der Waals surface area contributed by atoms with E-state index in [2.05, 4.69) is 4.72 Å². The van der Waals surface area contributed by atoms with Crippen molar-refractivity contribution in [3.8, 4) is 0 Å². The normalized spacial score (nSPS) is 25.6. The van der Waals surface area contributed by atoms with Crippen LogP contribution < -0.4 is 10.5 Å². The number of rotatable bonds is 5. The molecule has 0 bridgehead atoms. The van der Waals surface area contributed by atoms with Crippen molar-refractivity contribution in [2.45, 2.75) is 50.5 Å². The van der Waals surface area contributed by atoms with Crippen LogP contribution >= 0.6 is 0 Å². The topological polar surface area (TPSA) is 72.2 Å². The average Bonchev–Trinajstić information content (AvgIpc) is 2.63. The summed E-state index contributed by atoms with van der Waals surface area (Å²) in [4.78, 5) is 0. The molecule has 2 rings (SSSR count). The SMILES string of the molecule is NC1(CNS(=O)(=O)CC2CCCC2)CCC1. The average molecular weight is 246 g/mol. The van der Waals surface area contributed by atoms with Crippen LogP contribution in [0.1, 0.15) is 44.9 Å². The van der Waals surface area contributed by atoms with Crippen molar-refractivity contribution >= 4 is 10.0 Å². The van der Waals surface area contributed by atoms with Crippen molar-refractivity contribution in [1.82, 2.24) is 4.72 Å². The second kappa shape index (κ2) is 4.63. The van der Waals surface area contributed by atoms with Gasteiger partial charge in [0.15, 0.2) is 0 Å². The lowest BCUT2D eigenvalue weighted by molar-refractivity contribution is 0.251. The van der Waals surface area contributed by atoms with Gasteiger partial charge in [-0.3, -0.25) is 0 Å². The van der Waals surface area contributed by atoms with Gasteiger partial charge in [-0.1, -0.05) is 12.8 Å². The fourth-order valence-electron chi connectivity index (χ4n) is 2.61. The van der Waals surface area contributed by atoms with E-state index in [-0.39, 0.29) is 5.54 Å². The molecule has 4 nitrogen and oxygen atoms in total.